The van der Waals surface area contributed by atoms with E-state index < -0.39 is 77.3 Å². The second-order valence-electron chi connectivity index (χ2n) is 10.3. The molecule has 18 heteroatoms. The van der Waals surface area contributed by atoms with Crippen LogP contribution in [-0.2, 0) is 23.7 Å². The molecule has 0 saturated heterocycles. The number of hydrogen-bond acceptors (Lipinski definition) is 7. The number of nitrogens with zero attached hydrogens (tertiary/aromatic N) is 3. The summed E-state index contributed by atoms with van der Waals surface area (Å²) < 4.78 is 111. The number of benzene rings is 2. The number of ether oxygens (including phenoxy) is 1. The first kappa shape index (κ1) is 32.9. The Hall–Kier alpha value is -5.47. The third kappa shape index (κ3) is 7.85. The molecule has 47 heavy (non-hydrogen) atoms. The van der Waals surface area contributed by atoms with E-state index in [2.05, 4.69) is 30.9 Å². The molecule has 2 unspecified atom stereocenters. The van der Waals surface area contributed by atoms with Crippen LogP contribution in [0.2, 0.25) is 0 Å². The summed E-state index contributed by atoms with van der Waals surface area (Å²) in [4.78, 5) is 35.8. The molecule has 2 amide bonds. The fraction of sp³-hybridized carbons (Fsp3) is 0.276. The minimum Gasteiger partial charge on any atom is -0.471 e. The lowest BCUT2D eigenvalue weighted by atomic mass is 10.1. The first-order valence-corrected chi connectivity index (χ1v) is 13.6. The average molecular weight is 668 g/mol. The second kappa shape index (κ2) is 12.7. The Labute approximate surface area is 259 Å². The maximum Gasteiger partial charge on any atom is 0.418 e. The van der Waals surface area contributed by atoms with Crippen molar-refractivity contribution in [2.24, 2.45) is 11.8 Å². The quantitative estimate of drug-likeness (QED) is 0.143. The molecule has 1 fully saturated rings. The summed E-state index contributed by atoms with van der Waals surface area (Å²) in [6.45, 7) is -1.32. The number of nitriles is 1. The van der Waals surface area contributed by atoms with Gasteiger partial charge in [0.05, 0.1) is 40.2 Å². The number of fused-ring (bicyclic) bond motifs is 1. The third-order valence-electron chi connectivity index (χ3n) is 6.90. The molecule has 0 spiro atoms. The van der Waals surface area contributed by atoms with E-state index in [4.69, 9.17) is 10.00 Å². The number of nitrogens with one attached hydrogen (secondary N) is 4. The van der Waals surface area contributed by atoms with Crippen molar-refractivity contribution < 1.29 is 49.4 Å². The van der Waals surface area contributed by atoms with Gasteiger partial charge in [-0.25, -0.2) is 8.78 Å². The summed E-state index contributed by atoms with van der Waals surface area (Å²) >= 11 is 0. The van der Waals surface area contributed by atoms with Crippen LogP contribution in [0.4, 0.5) is 52.4 Å². The number of amides is 2. The van der Waals surface area contributed by atoms with Crippen LogP contribution in [0.3, 0.4) is 0 Å². The van der Waals surface area contributed by atoms with Crippen LogP contribution in [0.25, 0.3) is 11.2 Å². The predicted octanol–water partition coefficient (Wildman–Crippen LogP) is 6.41. The topological polar surface area (TPSA) is 145 Å². The highest BCUT2D eigenvalue weighted by Gasteiger charge is 2.43. The van der Waals surface area contributed by atoms with E-state index in [-0.39, 0.29) is 34.9 Å². The number of imidazole rings is 1. The van der Waals surface area contributed by atoms with Crippen LogP contribution in [0, 0.1) is 23.2 Å². The van der Waals surface area contributed by atoms with E-state index in [1.54, 1.807) is 0 Å². The first-order valence-electron chi connectivity index (χ1n) is 13.6. The predicted molar refractivity (Wildman–Crippen MR) is 149 cm³/mol. The van der Waals surface area contributed by atoms with Gasteiger partial charge >= 0.3 is 12.4 Å². The van der Waals surface area contributed by atoms with Crippen molar-refractivity contribution in [2.45, 2.75) is 31.7 Å². The molecule has 246 valence electrons. The molecule has 1 aliphatic rings. The van der Waals surface area contributed by atoms with Crippen molar-refractivity contribution >= 4 is 40.3 Å². The fourth-order valence-electron chi connectivity index (χ4n) is 4.47. The summed E-state index contributed by atoms with van der Waals surface area (Å²) in [6, 6.07) is 9.50. The maximum atomic E-state index is 13.8. The van der Waals surface area contributed by atoms with Crippen LogP contribution in [0.15, 0.2) is 48.5 Å². The summed E-state index contributed by atoms with van der Waals surface area (Å²) in [5.41, 5.74) is -3.05. The van der Waals surface area contributed by atoms with Gasteiger partial charge < -0.3 is 25.7 Å². The van der Waals surface area contributed by atoms with Gasteiger partial charge in [0, 0.05) is 12.2 Å². The van der Waals surface area contributed by atoms with Crippen molar-refractivity contribution in [1.82, 2.24) is 20.3 Å². The highest BCUT2D eigenvalue weighted by atomic mass is 19.4. The largest absolute Gasteiger partial charge is 0.471 e. The van der Waals surface area contributed by atoms with Gasteiger partial charge in [0.1, 0.15) is 5.56 Å². The Morgan fingerprint density at radius 2 is 1.74 bits per heavy atom. The Morgan fingerprint density at radius 3 is 2.36 bits per heavy atom. The number of aromatic nitrogens is 3. The normalized spacial score (nSPS) is 16.1. The van der Waals surface area contributed by atoms with Gasteiger partial charge in [0.25, 0.3) is 12.3 Å². The van der Waals surface area contributed by atoms with Gasteiger partial charge in [-0.1, -0.05) is 6.07 Å². The summed E-state index contributed by atoms with van der Waals surface area (Å²) in [5.74, 6) is -3.21. The highest BCUT2D eigenvalue weighted by Crippen LogP contribution is 2.39. The van der Waals surface area contributed by atoms with Crippen molar-refractivity contribution in [3.8, 4) is 11.9 Å². The molecule has 5 rings (SSSR count). The number of alkyl halides is 8. The molecule has 1 aliphatic carbocycles. The Kier molecular flexibility index (Phi) is 8.91. The molecule has 4 N–H and O–H groups in total. The standard InChI is InChI=1S/C29H21F8N7O3/c30-22(31)12-47-26-18(25(46)40-16-4-2-15(3-5-16)28(32,33)34)9-21-23(43-26)44-27(42-21)41-20-7-13(1-6-19(20)29(35,36)37)11-39-24(45)17-8-14(17)10-38/h1-7,9,14,17,22H,8,11-12H2,(H,39,45)(H,40,46)(H2,41,42,43,44). The van der Waals surface area contributed by atoms with Crippen molar-refractivity contribution in [1.29, 1.82) is 5.26 Å². The van der Waals surface area contributed by atoms with Gasteiger partial charge in [0.2, 0.25) is 17.7 Å². The summed E-state index contributed by atoms with van der Waals surface area (Å²) in [5, 5.41) is 16.3. The van der Waals surface area contributed by atoms with E-state index in [1.807, 2.05) is 6.07 Å². The molecular weight excluding hydrogens is 646 g/mol. The van der Waals surface area contributed by atoms with Gasteiger partial charge in [0.15, 0.2) is 12.3 Å². The lowest BCUT2D eigenvalue weighted by Gasteiger charge is -2.15. The molecule has 2 heterocycles. The molecule has 0 aliphatic heterocycles. The van der Waals surface area contributed by atoms with Crippen molar-refractivity contribution in [3.05, 3.63) is 70.8 Å². The smallest absolute Gasteiger partial charge is 0.418 e. The maximum absolute atomic E-state index is 13.8. The van der Waals surface area contributed by atoms with Gasteiger partial charge in [-0.2, -0.15) is 41.6 Å². The molecule has 0 radical (unpaired) electrons. The number of rotatable bonds is 10. The number of anilines is 3. The molecule has 2 atom stereocenters. The van der Waals surface area contributed by atoms with Crippen molar-refractivity contribution in [2.75, 3.05) is 17.2 Å². The second-order valence-corrected chi connectivity index (χ2v) is 10.3. The van der Waals surface area contributed by atoms with Crippen LogP contribution in [0.1, 0.15) is 33.5 Å². The van der Waals surface area contributed by atoms with Crippen LogP contribution >= 0.6 is 0 Å². The van der Waals surface area contributed by atoms with E-state index >= 15 is 0 Å². The van der Waals surface area contributed by atoms with Crippen LogP contribution in [-0.4, -0.2) is 39.8 Å². The lowest BCUT2D eigenvalue weighted by Crippen LogP contribution is -2.25. The summed E-state index contributed by atoms with van der Waals surface area (Å²) in [6.07, 6.45) is -12.0. The van der Waals surface area contributed by atoms with E-state index in [0.717, 1.165) is 36.4 Å². The van der Waals surface area contributed by atoms with Crippen molar-refractivity contribution in [3.63, 3.8) is 0 Å². The van der Waals surface area contributed by atoms with Gasteiger partial charge in [-0.3, -0.25) is 9.59 Å². The Morgan fingerprint density at radius 1 is 1.02 bits per heavy atom. The molecular formula is C29H21F8N7O3. The Bertz CT molecular complexity index is 1850. The van der Waals surface area contributed by atoms with Crippen LogP contribution in [0.5, 0.6) is 5.88 Å². The molecule has 0 bridgehead atoms. The first-order chi connectivity index (χ1) is 22.1. The molecule has 10 nitrogen and oxygen atoms in total. The molecule has 1 saturated carbocycles. The number of aromatic amines is 1. The number of halogens is 8. The lowest BCUT2D eigenvalue weighted by molar-refractivity contribution is -0.138. The minimum absolute atomic E-state index is 0.0390. The third-order valence-corrected chi connectivity index (χ3v) is 6.90. The summed E-state index contributed by atoms with van der Waals surface area (Å²) in [7, 11) is 0. The van der Waals surface area contributed by atoms with Crippen LogP contribution < -0.4 is 20.7 Å². The number of pyridine rings is 1. The average Bonchev–Trinajstić information content (AvgIpc) is 3.69. The minimum atomic E-state index is -4.82. The molecule has 2 aromatic carbocycles. The SMILES string of the molecule is N#CC1CC1C(=O)NCc1ccc(C(F)(F)F)c(Nc2nc3nc(OCC(F)F)c(C(=O)Nc4ccc(C(F)(F)F)cc4)cc3[nH]2)c1. The molecule has 4 aromatic rings. The number of carbonyl (C=O) groups is 2. The van der Waals surface area contributed by atoms with E-state index in [1.165, 1.54) is 0 Å². The number of hydrogen-bond donors (Lipinski definition) is 4. The van der Waals surface area contributed by atoms with E-state index in [9.17, 15) is 44.7 Å². The van der Waals surface area contributed by atoms with Gasteiger partial charge in [-0.15, -0.1) is 0 Å². The monoisotopic (exact) mass is 667 g/mol. The number of H-pyrrole nitrogens is 1. The zero-order chi connectivity index (χ0) is 34.1. The van der Waals surface area contributed by atoms with E-state index in [0.29, 0.717) is 18.6 Å². The zero-order valence-electron chi connectivity index (χ0n) is 23.6. The fourth-order valence-corrected chi connectivity index (χ4v) is 4.47. The zero-order valence-corrected chi connectivity index (χ0v) is 23.6. The number of carbonyl (C=O) groups excluding carboxylic acids is 2. The molecule has 2 aromatic heterocycles. The Balaban J connectivity index is 1.41. The van der Waals surface area contributed by atoms with Gasteiger partial charge in [-0.05, 0) is 54.4 Å². The highest BCUT2D eigenvalue weighted by molar-refractivity contribution is 6.07.